The monoisotopic (exact) mass is 460 g/mol. The molecule has 0 atom stereocenters. The highest BCUT2D eigenvalue weighted by Crippen LogP contribution is 2.33. The predicted octanol–water partition coefficient (Wildman–Crippen LogP) is 4.14. The van der Waals surface area contributed by atoms with E-state index in [-0.39, 0.29) is 19.1 Å². The van der Waals surface area contributed by atoms with Crippen molar-refractivity contribution in [1.29, 1.82) is 0 Å². The average molecular weight is 461 g/mol. The first kappa shape index (κ1) is 22.9. The van der Waals surface area contributed by atoms with Gasteiger partial charge < -0.3 is 18.8 Å². The highest BCUT2D eigenvalue weighted by Gasteiger charge is 2.16. The number of esters is 1. The highest BCUT2D eigenvalue weighted by molar-refractivity contribution is 7.99. The molecule has 1 amide bonds. The Morgan fingerprint density at radius 1 is 1.10 bits per heavy atom. The third-order valence-electron chi connectivity index (χ3n) is 4.37. The summed E-state index contributed by atoms with van der Waals surface area (Å²) in [6.07, 6.45) is 0. The van der Waals surface area contributed by atoms with E-state index in [4.69, 9.17) is 14.2 Å². The maximum atomic E-state index is 12.9. The van der Waals surface area contributed by atoms with Crippen molar-refractivity contribution in [2.24, 2.45) is 4.99 Å². The van der Waals surface area contributed by atoms with Crippen LogP contribution in [0.2, 0.25) is 0 Å². The molecule has 0 saturated carbocycles. The van der Waals surface area contributed by atoms with Crippen molar-refractivity contribution in [1.82, 2.24) is 4.57 Å². The number of ether oxygens (including phenoxy) is 3. The first-order valence-electron chi connectivity index (χ1n) is 9.73. The van der Waals surface area contributed by atoms with Crippen molar-refractivity contribution in [2.45, 2.75) is 25.3 Å². The molecule has 0 saturated heterocycles. The number of nitrogens with zero attached hydrogens (tertiary/aromatic N) is 2. The fourth-order valence-electron chi connectivity index (χ4n) is 3.01. The van der Waals surface area contributed by atoms with Crippen molar-refractivity contribution >= 4 is 45.2 Å². The number of thiazole rings is 1. The summed E-state index contributed by atoms with van der Waals surface area (Å²) in [5.74, 6) is 1.21. The molecular weight excluding hydrogens is 436 g/mol. The van der Waals surface area contributed by atoms with Crippen LogP contribution in [0.3, 0.4) is 0 Å². The van der Waals surface area contributed by atoms with Gasteiger partial charge in [0.1, 0.15) is 6.54 Å². The minimum atomic E-state index is -0.410. The standard InChI is InChI=1S/C22H24N2O5S2/c1-5-29-20(25)13-24-16-11-17(27-3)18(28-4)12-19(16)31-22(24)23-21(26)14-8-7-9-15(10-14)30-6-2/h7-12H,5-6,13H2,1-4H3. The maximum absolute atomic E-state index is 12.9. The lowest BCUT2D eigenvalue weighted by Crippen LogP contribution is -2.23. The molecular formula is C22H24N2O5S2. The van der Waals surface area contributed by atoms with E-state index in [2.05, 4.69) is 11.9 Å². The van der Waals surface area contributed by atoms with Crippen LogP contribution in [0.1, 0.15) is 24.2 Å². The highest BCUT2D eigenvalue weighted by atomic mass is 32.2. The fourth-order valence-corrected chi connectivity index (χ4v) is 4.76. The molecule has 2 aromatic carbocycles. The van der Waals surface area contributed by atoms with Gasteiger partial charge in [-0.1, -0.05) is 24.3 Å². The lowest BCUT2D eigenvalue weighted by molar-refractivity contribution is -0.143. The number of methoxy groups -OCH3 is 2. The molecule has 31 heavy (non-hydrogen) atoms. The van der Waals surface area contributed by atoms with Crippen LogP contribution >= 0.6 is 23.1 Å². The fraction of sp³-hybridized carbons (Fsp3) is 0.318. The molecule has 1 aromatic heterocycles. The van der Waals surface area contributed by atoms with Crippen molar-refractivity contribution in [3.8, 4) is 11.5 Å². The van der Waals surface area contributed by atoms with Crippen LogP contribution in [0, 0.1) is 0 Å². The second-order valence-electron chi connectivity index (χ2n) is 6.33. The Labute approximate surface area is 188 Å². The van der Waals surface area contributed by atoms with Gasteiger partial charge in [0, 0.05) is 22.6 Å². The number of rotatable bonds is 8. The molecule has 0 radical (unpaired) electrons. The Balaban J connectivity index is 2.13. The van der Waals surface area contributed by atoms with Crippen molar-refractivity contribution in [3.05, 3.63) is 46.8 Å². The molecule has 3 rings (SSSR count). The van der Waals surface area contributed by atoms with E-state index in [1.165, 1.54) is 11.3 Å². The molecule has 1 heterocycles. The van der Waals surface area contributed by atoms with E-state index in [0.29, 0.717) is 27.4 Å². The number of hydrogen-bond donors (Lipinski definition) is 0. The van der Waals surface area contributed by atoms with Gasteiger partial charge in [-0.15, -0.1) is 11.8 Å². The number of hydrogen-bond acceptors (Lipinski definition) is 7. The van der Waals surface area contributed by atoms with Crippen LogP contribution in [0.15, 0.2) is 46.3 Å². The number of benzene rings is 2. The van der Waals surface area contributed by atoms with Gasteiger partial charge in [-0.05, 0) is 30.9 Å². The Hall–Kier alpha value is -2.78. The molecule has 9 heteroatoms. The van der Waals surface area contributed by atoms with Crippen LogP contribution in [0.5, 0.6) is 11.5 Å². The van der Waals surface area contributed by atoms with E-state index in [0.717, 1.165) is 15.3 Å². The summed E-state index contributed by atoms with van der Waals surface area (Å²) in [7, 11) is 3.10. The van der Waals surface area contributed by atoms with Gasteiger partial charge in [0.05, 0.1) is 31.0 Å². The number of aromatic nitrogens is 1. The van der Waals surface area contributed by atoms with Gasteiger partial charge in [-0.25, -0.2) is 0 Å². The Morgan fingerprint density at radius 2 is 1.84 bits per heavy atom. The third kappa shape index (κ3) is 5.29. The molecule has 0 aliphatic rings. The SMILES string of the molecule is CCOC(=O)Cn1c(=NC(=O)c2cccc(SCC)c2)sc2cc(OC)c(OC)cc21. The van der Waals surface area contributed by atoms with Gasteiger partial charge in [0.15, 0.2) is 16.3 Å². The first-order chi connectivity index (χ1) is 15.0. The molecule has 3 aromatic rings. The lowest BCUT2D eigenvalue weighted by Gasteiger charge is -2.09. The second-order valence-corrected chi connectivity index (χ2v) is 8.68. The normalized spacial score (nSPS) is 11.5. The van der Waals surface area contributed by atoms with Crippen LogP contribution in [-0.2, 0) is 16.1 Å². The lowest BCUT2D eigenvalue weighted by atomic mass is 10.2. The van der Waals surface area contributed by atoms with Crippen molar-refractivity contribution in [2.75, 3.05) is 26.6 Å². The van der Waals surface area contributed by atoms with Crippen molar-refractivity contribution < 1.29 is 23.8 Å². The van der Waals surface area contributed by atoms with Crippen LogP contribution in [0.4, 0.5) is 0 Å². The maximum Gasteiger partial charge on any atom is 0.326 e. The largest absolute Gasteiger partial charge is 0.493 e. The summed E-state index contributed by atoms with van der Waals surface area (Å²) in [4.78, 5) is 30.9. The number of amides is 1. The smallest absolute Gasteiger partial charge is 0.326 e. The van der Waals surface area contributed by atoms with Gasteiger partial charge in [0.2, 0.25) is 0 Å². The molecule has 0 aliphatic heterocycles. The number of carbonyl (C=O) groups is 2. The zero-order chi connectivity index (χ0) is 22.4. The molecule has 0 fully saturated rings. The minimum absolute atomic E-state index is 0.0683. The molecule has 0 aliphatic carbocycles. The second kappa shape index (κ2) is 10.5. The van der Waals surface area contributed by atoms with Gasteiger partial charge in [-0.3, -0.25) is 9.59 Å². The van der Waals surface area contributed by atoms with E-state index >= 15 is 0 Å². The molecule has 7 nitrogen and oxygen atoms in total. The Bertz CT molecular complexity index is 1170. The first-order valence-corrected chi connectivity index (χ1v) is 11.5. The van der Waals surface area contributed by atoms with E-state index in [9.17, 15) is 9.59 Å². The zero-order valence-electron chi connectivity index (χ0n) is 17.8. The van der Waals surface area contributed by atoms with Crippen LogP contribution in [0.25, 0.3) is 10.2 Å². The van der Waals surface area contributed by atoms with Crippen LogP contribution < -0.4 is 14.3 Å². The van der Waals surface area contributed by atoms with E-state index in [1.54, 1.807) is 49.6 Å². The molecule has 0 N–H and O–H groups in total. The minimum Gasteiger partial charge on any atom is -0.493 e. The van der Waals surface area contributed by atoms with Crippen molar-refractivity contribution in [3.63, 3.8) is 0 Å². The molecule has 0 spiro atoms. The van der Waals surface area contributed by atoms with Gasteiger partial charge in [-0.2, -0.15) is 4.99 Å². The van der Waals surface area contributed by atoms with Gasteiger partial charge in [0.25, 0.3) is 5.91 Å². The number of thioether (sulfide) groups is 1. The summed E-state index contributed by atoms with van der Waals surface area (Å²) < 4.78 is 18.4. The third-order valence-corrected chi connectivity index (χ3v) is 6.29. The number of carbonyl (C=O) groups excluding carboxylic acids is 2. The van der Waals surface area contributed by atoms with Crippen LogP contribution in [-0.4, -0.2) is 43.0 Å². The topological polar surface area (TPSA) is 79.1 Å². The molecule has 0 unspecified atom stereocenters. The summed E-state index contributed by atoms with van der Waals surface area (Å²) in [5, 5.41) is 0. The Morgan fingerprint density at radius 3 is 2.52 bits per heavy atom. The summed E-state index contributed by atoms with van der Waals surface area (Å²) >= 11 is 2.95. The predicted molar refractivity (Wildman–Crippen MR) is 122 cm³/mol. The summed E-state index contributed by atoms with van der Waals surface area (Å²) in [6, 6.07) is 10.9. The average Bonchev–Trinajstić information content (AvgIpc) is 3.09. The summed E-state index contributed by atoms with van der Waals surface area (Å²) in [6.45, 7) is 4.01. The van der Waals surface area contributed by atoms with E-state index in [1.807, 2.05) is 24.3 Å². The number of fused-ring (bicyclic) bond motifs is 1. The quantitative estimate of drug-likeness (QED) is 0.371. The molecule has 164 valence electrons. The van der Waals surface area contributed by atoms with Gasteiger partial charge >= 0.3 is 5.97 Å². The zero-order valence-corrected chi connectivity index (χ0v) is 19.5. The summed E-state index contributed by atoms with van der Waals surface area (Å²) in [5.41, 5.74) is 1.20. The molecule has 0 bridgehead atoms. The van der Waals surface area contributed by atoms with E-state index < -0.39 is 5.97 Å². The Kier molecular flexibility index (Phi) is 7.75.